The first-order valence-corrected chi connectivity index (χ1v) is 7.27. The standard InChI is InChI=1S/C16H19FN4O2/c1-2-9-23-16(22)20-13-7-8-14(21-15(13)18)19-10-11-3-5-12(17)6-4-11/h3-8H,2,9-10H2,1H3,(H,20,22)(H3,18,19,21). The van der Waals surface area contributed by atoms with Gasteiger partial charge in [0.2, 0.25) is 0 Å². The lowest BCUT2D eigenvalue weighted by Crippen LogP contribution is -2.16. The maximum atomic E-state index is 12.8. The Kier molecular flexibility index (Phi) is 5.74. The molecule has 0 saturated carbocycles. The first kappa shape index (κ1) is 16.5. The van der Waals surface area contributed by atoms with Crippen LogP contribution in [-0.4, -0.2) is 17.7 Å². The Bertz CT molecular complexity index is 662. The van der Waals surface area contributed by atoms with Crippen LogP contribution >= 0.6 is 0 Å². The third-order valence-corrected chi connectivity index (χ3v) is 2.99. The van der Waals surface area contributed by atoms with Gasteiger partial charge in [0.05, 0.1) is 12.3 Å². The van der Waals surface area contributed by atoms with Crippen molar-refractivity contribution in [2.75, 3.05) is 23.0 Å². The smallest absolute Gasteiger partial charge is 0.411 e. The zero-order valence-electron chi connectivity index (χ0n) is 12.8. The van der Waals surface area contributed by atoms with Gasteiger partial charge in [0.15, 0.2) is 0 Å². The molecule has 0 bridgehead atoms. The Morgan fingerprint density at radius 3 is 2.65 bits per heavy atom. The van der Waals surface area contributed by atoms with Gasteiger partial charge in [-0.05, 0) is 36.2 Å². The summed E-state index contributed by atoms with van der Waals surface area (Å²) >= 11 is 0. The molecule has 23 heavy (non-hydrogen) atoms. The van der Waals surface area contributed by atoms with Gasteiger partial charge in [-0.2, -0.15) is 0 Å². The van der Waals surface area contributed by atoms with Crippen LogP contribution in [0.1, 0.15) is 18.9 Å². The fourth-order valence-electron chi connectivity index (χ4n) is 1.81. The molecule has 122 valence electrons. The highest BCUT2D eigenvalue weighted by atomic mass is 19.1. The Hall–Kier alpha value is -2.83. The van der Waals surface area contributed by atoms with Crippen LogP contribution in [0.5, 0.6) is 0 Å². The first-order chi connectivity index (χ1) is 11.1. The normalized spacial score (nSPS) is 10.2. The van der Waals surface area contributed by atoms with E-state index >= 15 is 0 Å². The number of nitrogens with zero attached hydrogens (tertiary/aromatic N) is 1. The topological polar surface area (TPSA) is 89.3 Å². The maximum absolute atomic E-state index is 12.8. The van der Waals surface area contributed by atoms with Crippen LogP contribution < -0.4 is 16.4 Å². The van der Waals surface area contributed by atoms with Gasteiger partial charge in [-0.1, -0.05) is 19.1 Å². The number of amides is 1. The summed E-state index contributed by atoms with van der Waals surface area (Å²) in [7, 11) is 0. The molecular formula is C16H19FN4O2. The molecule has 1 aromatic carbocycles. The number of nitrogens with one attached hydrogen (secondary N) is 2. The molecule has 0 atom stereocenters. The molecule has 1 amide bonds. The third kappa shape index (κ3) is 5.14. The second-order valence-electron chi connectivity index (χ2n) is 4.87. The summed E-state index contributed by atoms with van der Waals surface area (Å²) in [5.74, 6) is 0.461. The van der Waals surface area contributed by atoms with Gasteiger partial charge in [-0.3, -0.25) is 5.32 Å². The Labute approximate surface area is 133 Å². The average molecular weight is 318 g/mol. The van der Waals surface area contributed by atoms with Gasteiger partial charge in [-0.25, -0.2) is 14.2 Å². The number of nitrogen functional groups attached to an aromatic ring is 1. The Morgan fingerprint density at radius 2 is 2.00 bits per heavy atom. The monoisotopic (exact) mass is 318 g/mol. The zero-order chi connectivity index (χ0) is 16.7. The minimum Gasteiger partial charge on any atom is -0.449 e. The molecule has 0 spiro atoms. The molecular weight excluding hydrogens is 299 g/mol. The quantitative estimate of drug-likeness (QED) is 0.760. The van der Waals surface area contributed by atoms with Gasteiger partial charge in [-0.15, -0.1) is 0 Å². The van der Waals surface area contributed by atoms with Crippen molar-refractivity contribution < 1.29 is 13.9 Å². The van der Waals surface area contributed by atoms with Crippen molar-refractivity contribution in [2.24, 2.45) is 0 Å². The molecule has 7 heteroatoms. The largest absolute Gasteiger partial charge is 0.449 e. The highest BCUT2D eigenvalue weighted by Gasteiger charge is 2.07. The van der Waals surface area contributed by atoms with Crippen molar-refractivity contribution in [3.05, 3.63) is 47.8 Å². The predicted molar refractivity (Wildman–Crippen MR) is 87.6 cm³/mol. The van der Waals surface area contributed by atoms with E-state index in [1.54, 1.807) is 24.3 Å². The highest BCUT2D eigenvalue weighted by molar-refractivity contribution is 5.88. The number of hydrogen-bond donors (Lipinski definition) is 3. The van der Waals surface area contributed by atoms with Crippen molar-refractivity contribution in [3.63, 3.8) is 0 Å². The number of benzene rings is 1. The molecule has 0 unspecified atom stereocenters. The molecule has 0 aliphatic carbocycles. The van der Waals surface area contributed by atoms with Crippen molar-refractivity contribution in [1.82, 2.24) is 4.98 Å². The van der Waals surface area contributed by atoms with Crippen molar-refractivity contribution in [3.8, 4) is 0 Å². The minimum atomic E-state index is -0.563. The predicted octanol–water partition coefficient (Wildman–Crippen LogP) is 3.37. The van der Waals surface area contributed by atoms with E-state index in [2.05, 4.69) is 15.6 Å². The molecule has 0 saturated heterocycles. The van der Waals surface area contributed by atoms with Crippen LogP contribution in [0.15, 0.2) is 36.4 Å². The SMILES string of the molecule is CCCOC(=O)Nc1ccc(NCc2ccc(F)cc2)nc1N. The minimum absolute atomic E-state index is 0.183. The summed E-state index contributed by atoms with van der Waals surface area (Å²) in [6.07, 6.45) is 0.181. The van der Waals surface area contributed by atoms with E-state index in [0.29, 0.717) is 24.7 Å². The van der Waals surface area contributed by atoms with Gasteiger partial charge in [0, 0.05) is 6.54 Å². The van der Waals surface area contributed by atoms with Gasteiger partial charge in [0.25, 0.3) is 0 Å². The molecule has 0 aliphatic rings. The van der Waals surface area contributed by atoms with Crippen LogP contribution in [0.4, 0.5) is 26.5 Å². The van der Waals surface area contributed by atoms with Gasteiger partial charge in [0.1, 0.15) is 17.5 Å². The lowest BCUT2D eigenvalue weighted by atomic mass is 10.2. The lowest BCUT2D eigenvalue weighted by molar-refractivity contribution is 0.161. The average Bonchev–Trinajstić information content (AvgIpc) is 2.54. The van der Waals surface area contributed by atoms with Crippen LogP contribution in [-0.2, 0) is 11.3 Å². The third-order valence-electron chi connectivity index (χ3n) is 2.99. The van der Waals surface area contributed by atoms with Crippen molar-refractivity contribution >= 4 is 23.4 Å². The fourth-order valence-corrected chi connectivity index (χ4v) is 1.81. The maximum Gasteiger partial charge on any atom is 0.411 e. The number of ether oxygens (including phenoxy) is 1. The van der Waals surface area contributed by atoms with Crippen LogP contribution in [0.3, 0.4) is 0 Å². The van der Waals surface area contributed by atoms with Crippen LogP contribution in [0, 0.1) is 5.82 Å². The molecule has 4 N–H and O–H groups in total. The summed E-state index contributed by atoms with van der Waals surface area (Å²) in [5.41, 5.74) is 7.12. The number of halogens is 1. The van der Waals surface area contributed by atoms with E-state index in [1.165, 1.54) is 12.1 Å². The summed E-state index contributed by atoms with van der Waals surface area (Å²) in [6.45, 7) is 2.74. The summed E-state index contributed by atoms with van der Waals surface area (Å²) in [6, 6.07) is 9.50. The van der Waals surface area contributed by atoms with E-state index in [1.807, 2.05) is 6.92 Å². The fraction of sp³-hybridized carbons (Fsp3) is 0.250. The van der Waals surface area contributed by atoms with E-state index in [9.17, 15) is 9.18 Å². The molecule has 2 aromatic rings. The molecule has 0 aliphatic heterocycles. The summed E-state index contributed by atoms with van der Waals surface area (Å²) in [4.78, 5) is 15.6. The van der Waals surface area contributed by atoms with Crippen LogP contribution in [0.25, 0.3) is 0 Å². The molecule has 6 nitrogen and oxygen atoms in total. The van der Waals surface area contributed by atoms with E-state index < -0.39 is 6.09 Å². The molecule has 1 aromatic heterocycles. The number of aromatic nitrogens is 1. The number of rotatable bonds is 6. The van der Waals surface area contributed by atoms with E-state index in [-0.39, 0.29) is 11.6 Å². The molecule has 0 fully saturated rings. The molecule has 1 heterocycles. The Morgan fingerprint density at radius 1 is 1.26 bits per heavy atom. The van der Waals surface area contributed by atoms with Crippen molar-refractivity contribution in [1.29, 1.82) is 0 Å². The second-order valence-corrected chi connectivity index (χ2v) is 4.87. The number of carbonyl (C=O) groups is 1. The number of anilines is 3. The van der Waals surface area contributed by atoms with E-state index in [4.69, 9.17) is 10.5 Å². The second kappa shape index (κ2) is 7.98. The Balaban J connectivity index is 1.93. The number of nitrogens with two attached hydrogens (primary N) is 1. The van der Waals surface area contributed by atoms with Crippen molar-refractivity contribution in [2.45, 2.75) is 19.9 Å². The van der Waals surface area contributed by atoms with Gasteiger partial charge < -0.3 is 15.8 Å². The first-order valence-electron chi connectivity index (χ1n) is 7.27. The number of hydrogen-bond acceptors (Lipinski definition) is 5. The number of carbonyl (C=O) groups excluding carboxylic acids is 1. The zero-order valence-corrected chi connectivity index (χ0v) is 12.8. The van der Waals surface area contributed by atoms with Gasteiger partial charge >= 0.3 is 6.09 Å². The van der Waals surface area contributed by atoms with E-state index in [0.717, 1.165) is 12.0 Å². The lowest BCUT2D eigenvalue weighted by Gasteiger charge is -2.10. The highest BCUT2D eigenvalue weighted by Crippen LogP contribution is 2.19. The summed E-state index contributed by atoms with van der Waals surface area (Å²) in [5, 5.41) is 5.61. The molecule has 0 radical (unpaired) electrons. The molecule has 2 rings (SSSR count). The number of pyridine rings is 1. The summed E-state index contributed by atoms with van der Waals surface area (Å²) < 4.78 is 17.8. The van der Waals surface area contributed by atoms with Crippen LogP contribution in [0.2, 0.25) is 0 Å².